The van der Waals surface area contributed by atoms with Crippen molar-refractivity contribution in [2.75, 3.05) is 87.2 Å². The summed E-state index contributed by atoms with van der Waals surface area (Å²) in [7, 11) is 1.11. The number of hydrazine groups is 1. The Hall–Kier alpha value is -6.17. The highest BCUT2D eigenvalue weighted by molar-refractivity contribution is 9.10. The van der Waals surface area contributed by atoms with Crippen molar-refractivity contribution in [3.05, 3.63) is 82.2 Å². The number of imide groups is 2. The first-order valence-corrected chi connectivity index (χ1v) is 25.4. The van der Waals surface area contributed by atoms with E-state index in [4.69, 9.17) is 9.72 Å². The number of nitrogens with one attached hydrogen (secondary N) is 3. The maximum absolute atomic E-state index is 13.5. The number of amides is 5. The maximum Gasteiger partial charge on any atom is 0.343 e. The number of rotatable bonds is 12. The molecule has 0 bridgehead atoms. The minimum absolute atomic E-state index is 0.0161. The molecule has 344 valence electrons. The molecule has 5 aromatic rings. The van der Waals surface area contributed by atoms with Crippen molar-refractivity contribution in [2.24, 2.45) is 5.92 Å². The highest BCUT2D eigenvalue weighted by Crippen LogP contribution is 2.42. The zero-order valence-corrected chi connectivity index (χ0v) is 40.0. The lowest BCUT2D eigenvalue weighted by molar-refractivity contribution is -0.122. The lowest BCUT2D eigenvalue weighted by Crippen LogP contribution is -2.58. The van der Waals surface area contributed by atoms with E-state index in [2.05, 4.69) is 87.6 Å². The number of nitrogens with zero attached hydrogens (tertiary/aromatic N) is 9. The number of aromatic nitrogens is 4. The number of halogens is 1. The highest BCUT2D eigenvalue weighted by atomic mass is 79.9. The quantitative estimate of drug-likeness (QED) is 0.0904. The van der Waals surface area contributed by atoms with Crippen LogP contribution in [0.2, 0.25) is 0 Å². The number of piperidine rings is 2. The summed E-state index contributed by atoms with van der Waals surface area (Å²) in [5, 5.41) is 11.4. The molecule has 0 spiro atoms. The topological polar surface area (TPSA) is 198 Å². The largest absolute Gasteiger partial charge is 0.494 e. The second kappa shape index (κ2) is 18.2. The summed E-state index contributed by atoms with van der Waals surface area (Å²) in [4.78, 5) is 76.0. The Balaban J connectivity index is 0.789. The Bertz CT molecular complexity index is 2810. The summed E-state index contributed by atoms with van der Waals surface area (Å²) in [6, 6.07) is 12.8. The molecule has 18 nitrogen and oxygen atoms in total. The SMILES string of the molecule is COc1cc(N2CCC(N(C)CC3CCN(c4ccc5c(c4)C(=O)N(N4CCC(=O)NC4=O)C5=O)CC3)CC2)c(C)cc1Nc1ncc(Br)c(Nc2ccc3nccnc3c2P(C)(C)=O)n1. The maximum atomic E-state index is 13.5. The van der Waals surface area contributed by atoms with Crippen LogP contribution < -0.4 is 35.8 Å². The molecule has 3 fully saturated rings. The van der Waals surface area contributed by atoms with Gasteiger partial charge in [0, 0.05) is 81.2 Å². The van der Waals surface area contributed by atoms with E-state index in [0.717, 1.165) is 91.1 Å². The van der Waals surface area contributed by atoms with Gasteiger partial charge in [0.2, 0.25) is 11.9 Å². The highest BCUT2D eigenvalue weighted by Gasteiger charge is 2.43. The first-order chi connectivity index (χ1) is 31.7. The van der Waals surface area contributed by atoms with Crippen molar-refractivity contribution in [3.63, 3.8) is 0 Å². The van der Waals surface area contributed by atoms with E-state index in [1.807, 2.05) is 18.2 Å². The van der Waals surface area contributed by atoms with Gasteiger partial charge in [0.1, 0.15) is 24.2 Å². The van der Waals surface area contributed by atoms with Crippen LogP contribution in [-0.4, -0.2) is 131 Å². The second-order valence-corrected chi connectivity index (χ2v) is 21.7. The van der Waals surface area contributed by atoms with E-state index in [0.29, 0.717) is 56.0 Å². The number of urea groups is 1. The number of aryl methyl sites for hydroxylation is 1. The van der Waals surface area contributed by atoms with Gasteiger partial charge in [-0.3, -0.25) is 29.7 Å². The molecule has 20 heteroatoms. The molecule has 6 heterocycles. The van der Waals surface area contributed by atoms with Gasteiger partial charge in [0.25, 0.3) is 11.8 Å². The van der Waals surface area contributed by atoms with Crippen molar-refractivity contribution < 1.29 is 28.5 Å². The molecule has 0 atom stereocenters. The van der Waals surface area contributed by atoms with E-state index >= 15 is 0 Å². The third-order valence-electron chi connectivity index (χ3n) is 13.0. The standard InChI is InChI=1S/C46H52BrN12O6P/c1-27-22-36(52-45-50-25-33(47)42(54-45)51-35-9-8-34-40(49-16-15-48-34)41(35)66(4,5)64)38(65-3)24-37(27)57-19-12-29(13-20-57)55(2)26-28-10-17-56(18-11-28)30-6-7-31-32(23-30)44(62)59(43(31)61)58-21-14-39(60)53-46(58)63/h6-9,15-16,22-25,28-29H,10-14,17-21,26H2,1-5H3,(H,53,60,63)(H2,50,51,52,54). The monoisotopic (exact) mass is 978 g/mol. The van der Waals surface area contributed by atoms with Crippen LogP contribution in [0.4, 0.5) is 39.3 Å². The molecule has 0 aliphatic carbocycles. The van der Waals surface area contributed by atoms with Gasteiger partial charge in [-0.15, -0.1) is 0 Å². The average Bonchev–Trinajstić information content (AvgIpc) is 3.54. The van der Waals surface area contributed by atoms with E-state index in [1.54, 1.807) is 51.2 Å². The number of hydrogen-bond donors (Lipinski definition) is 3. The van der Waals surface area contributed by atoms with Crippen molar-refractivity contribution in [2.45, 2.75) is 45.1 Å². The van der Waals surface area contributed by atoms with Crippen molar-refractivity contribution in [3.8, 4) is 5.75 Å². The van der Waals surface area contributed by atoms with Gasteiger partial charge >= 0.3 is 6.03 Å². The normalized spacial score (nSPS) is 17.5. The predicted molar refractivity (Wildman–Crippen MR) is 257 cm³/mol. The van der Waals surface area contributed by atoms with Crippen molar-refractivity contribution >= 4 is 97.7 Å². The Morgan fingerprint density at radius 3 is 2.32 bits per heavy atom. The Kier molecular flexibility index (Phi) is 12.4. The molecule has 0 radical (unpaired) electrons. The molecule has 0 saturated carbocycles. The molecule has 4 aliphatic rings. The lowest BCUT2D eigenvalue weighted by Gasteiger charge is -2.41. The number of carbonyl (C=O) groups excluding carboxylic acids is 4. The smallest absolute Gasteiger partial charge is 0.343 e. The first kappa shape index (κ1) is 45.0. The van der Waals surface area contributed by atoms with Crippen LogP contribution in [0.25, 0.3) is 11.0 Å². The van der Waals surface area contributed by atoms with Crippen molar-refractivity contribution in [1.29, 1.82) is 0 Å². The molecule has 3 saturated heterocycles. The fourth-order valence-electron chi connectivity index (χ4n) is 9.57. The summed E-state index contributed by atoms with van der Waals surface area (Å²) in [5.74, 6) is 0.497. The summed E-state index contributed by atoms with van der Waals surface area (Å²) in [6.07, 6.45) is 8.98. The molecule has 66 heavy (non-hydrogen) atoms. The Morgan fingerprint density at radius 1 is 0.864 bits per heavy atom. The number of benzene rings is 3. The lowest BCUT2D eigenvalue weighted by atomic mass is 9.93. The van der Waals surface area contributed by atoms with Gasteiger partial charge in [0.05, 0.1) is 51.5 Å². The van der Waals surface area contributed by atoms with Crippen LogP contribution in [0.1, 0.15) is 58.4 Å². The molecule has 9 rings (SSSR count). The molecule has 5 amide bonds. The zero-order valence-electron chi connectivity index (χ0n) is 37.5. The van der Waals surface area contributed by atoms with Crippen LogP contribution >= 0.6 is 23.1 Å². The molecular formula is C46H52BrN12O6P. The first-order valence-electron chi connectivity index (χ1n) is 22.1. The van der Waals surface area contributed by atoms with Crippen molar-refractivity contribution in [1.82, 2.24) is 40.2 Å². The molecule has 2 aromatic heterocycles. The number of fused-ring (bicyclic) bond motifs is 2. The van der Waals surface area contributed by atoms with E-state index in [-0.39, 0.29) is 24.1 Å². The molecule has 0 unspecified atom stereocenters. The molecular weight excluding hydrogens is 927 g/mol. The minimum Gasteiger partial charge on any atom is -0.494 e. The number of methoxy groups -OCH3 is 1. The summed E-state index contributed by atoms with van der Waals surface area (Å²) in [5.41, 5.74) is 6.24. The Labute approximate surface area is 391 Å². The zero-order chi connectivity index (χ0) is 46.4. The summed E-state index contributed by atoms with van der Waals surface area (Å²) in [6.45, 7) is 10.0. The average molecular weight is 980 g/mol. The number of anilines is 6. The van der Waals surface area contributed by atoms with Gasteiger partial charge in [-0.2, -0.15) is 9.99 Å². The third kappa shape index (κ3) is 8.90. The van der Waals surface area contributed by atoms with Crippen LogP contribution in [0, 0.1) is 12.8 Å². The number of ether oxygens (including phenoxy) is 1. The fraction of sp³-hybridized carbons (Fsp3) is 0.391. The van der Waals surface area contributed by atoms with Gasteiger partial charge < -0.3 is 34.6 Å². The molecule has 3 N–H and O–H groups in total. The third-order valence-corrected chi connectivity index (χ3v) is 15.1. The second-order valence-electron chi connectivity index (χ2n) is 17.7. The summed E-state index contributed by atoms with van der Waals surface area (Å²) >= 11 is 3.58. The van der Waals surface area contributed by atoms with Crippen LogP contribution in [0.3, 0.4) is 0 Å². The minimum atomic E-state index is -2.78. The van der Waals surface area contributed by atoms with E-state index < -0.39 is 30.9 Å². The Morgan fingerprint density at radius 2 is 1.59 bits per heavy atom. The van der Waals surface area contributed by atoms with E-state index in [9.17, 15) is 23.7 Å². The van der Waals surface area contributed by atoms with Gasteiger partial charge in [0.15, 0.2) is 0 Å². The van der Waals surface area contributed by atoms with Crippen LogP contribution in [0.5, 0.6) is 5.75 Å². The summed E-state index contributed by atoms with van der Waals surface area (Å²) < 4.78 is 20.1. The van der Waals surface area contributed by atoms with Crippen LogP contribution in [-0.2, 0) is 9.36 Å². The van der Waals surface area contributed by atoms with Crippen LogP contribution in [0.15, 0.2) is 65.5 Å². The number of hydrogen-bond acceptors (Lipinski definition) is 15. The predicted octanol–water partition coefficient (Wildman–Crippen LogP) is 6.50. The van der Waals surface area contributed by atoms with Gasteiger partial charge in [-0.25, -0.2) is 14.8 Å². The number of carbonyl (C=O) groups is 4. The fourth-order valence-corrected chi connectivity index (χ4v) is 11.3. The molecule has 4 aliphatic heterocycles. The molecule has 3 aromatic carbocycles. The van der Waals surface area contributed by atoms with Gasteiger partial charge in [-0.1, -0.05) is 0 Å². The van der Waals surface area contributed by atoms with Gasteiger partial charge in [-0.05, 0) is 117 Å². The van der Waals surface area contributed by atoms with E-state index in [1.165, 1.54) is 0 Å².